The number of hydrogen-bond donors (Lipinski definition) is 0. The second-order valence-electron chi connectivity index (χ2n) is 5.06. The van der Waals surface area contributed by atoms with Gasteiger partial charge in [0.15, 0.2) is 11.5 Å². The fourth-order valence-corrected chi connectivity index (χ4v) is 2.29. The summed E-state index contributed by atoms with van der Waals surface area (Å²) in [5.41, 5.74) is 0.855. The average molecular weight is 291 g/mol. The van der Waals surface area contributed by atoms with Gasteiger partial charge in [-0.2, -0.15) is 0 Å². The van der Waals surface area contributed by atoms with E-state index in [1.165, 1.54) is 13.2 Å². The summed E-state index contributed by atoms with van der Waals surface area (Å²) in [6, 6.07) is 5.59. The number of rotatable bonds is 5. The summed E-state index contributed by atoms with van der Waals surface area (Å²) >= 11 is 0. The Morgan fingerprint density at radius 3 is 2.76 bits per heavy atom. The van der Waals surface area contributed by atoms with E-state index in [2.05, 4.69) is 16.7 Å². The van der Waals surface area contributed by atoms with E-state index in [1.54, 1.807) is 13.2 Å². The Hall–Kier alpha value is -2.01. The van der Waals surface area contributed by atoms with Crippen LogP contribution < -0.4 is 9.47 Å². The Balaban J connectivity index is 2.09. The van der Waals surface area contributed by atoms with Crippen LogP contribution in [-0.2, 0) is 9.53 Å². The maximum Gasteiger partial charge on any atom is 0.330 e. The molecular weight excluding hydrogens is 270 g/mol. The summed E-state index contributed by atoms with van der Waals surface area (Å²) in [7, 11) is 5.04. The van der Waals surface area contributed by atoms with Crippen LogP contribution in [0.5, 0.6) is 11.5 Å². The average Bonchev–Trinajstić information content (AvgIpc) is 2.90. The van der Waals surface area contributed by atoms with Crippen molar-refractivity contribution < 1.29 is 19.0 Å². The highest BCUT2D eigenvalue weighted by Crippen LogP contribution is 2.30. The molecule has 0 N–H and O–H groups in total. The maximum absolute atomic E-state index is 11.1. The van der Waals surface area contributed by atoms with Crippen molar-refractivity contribution in [1.82, 2.24) is 4.90 Å². The molecule has 1 heterocycles. The summed E-state index contributed by atoms with van der Waals surface area (Å²) in [5.74, 6) is 1.01. The van der Waals surface area contributed by atoms with Crippen molar-refractivity contribution in [2.45, 2.75) is 12.5 Å². The predicted molar refractivity (Wildman–Crippen MR) is 80.6 cm³/mol. The molecule has 21 heavy (non-hydrogen) atoms. The van der Waals surface area contributed by atoms with E-state index in [0.717, 1.165) is 30.8 Å². The summed E-state index contributed by atoms with van der Waals surface area (Å²) in [4.78, 5) is 13.3. The first-order valence-corrected chi connectivity index (χ1v) is 6.91. The fraction of sp³-hybridized carbons (Fsp3) is 0.438. The zero-order chi connectivity index (χ0) is 15.2. The first kappa shape index (κ1) is 15.4. The lowest BCUT2D eigenvalue weighted by Crippen LogP contribution is -2.21. The van der Waals surface area contributed by atoms with E-state index >= 15 is 0 Å². The molecule has 0 aliphatic carbocycles. The van der Waals surface area contributed by atoms with Gasteiger partial charge in [0.2, 0.25) is 0 Å². The number of carbonyl (C=O) groups excluding carboxylic acids is 1. The highest BCUT2D eigenvalue weighted by atomic mass is 16.5. The summed E-state index contributed by atoms with van der Waals surface area (Å²) in [6.07, 6.45) is 4.27. The van der Waals surface area contributed by atoms with Crippen molar-refractivity contribution in [3.8, 4) is 11.5 Å². The van der Waals surface area contributed by atoms with Gasteiger partial charge in [-0.15, -0.1) is 0 Å². The highest BCUT2D eigenvalue weighted by Gasteiger charge is 2.22. The first-order valence-electron chi connectivity index (χ1n) is 6.91. The van der Waals surface area contributed by atoms with Crippen molar-refractivity contribution in [3.63, 3.8) is 0 Å². The second-order valence-corrected chi connectivity index (χ2v) is 5.06. The molecule has 0 aromatic heterocycles. The van der Waals surface area contributed by atoms with Gasteiger partial charge in [-0.05, 0) is 37.2 Å². The molecule has 5 heteroatoms. The summed E-state index contributed by atoms with van der Waals surface area (Å²) < 4.78 is 15.9. The quantitative estimate of drug-likeness (QED) is 0.613. The van der Waals surface area contributed by atoms with Crippen LogP contribution in [0, 0.1) is 0 Å². The van der Waals surface area contributed by atoms with E-state index < -0.39 is 0 Å². The molecule has 1 fully saturated rings. The number of likely N-dealkylation sites (tertiary alicyclic amines) is 1. The molecule has 0 radical (unpaired) electrons. The van der Waals surface area contributed by atoms with E-state index in [1.807, 2.05) is 18.2 Å². The van der Waals surface area contributed by atoms with Gasteiger partial charge in [-0.1, -0.05) is 6.07 Å². The van der Waals surface area contributed by atoms with Crippen LogP contribution in [0.3, 0.4) is 0 Å². The third-order valence-electron chi connectivity index (χ3n) is 3.44. The number of esters is 1. The van der Waals surface area contributed by atoms with Crippen LogP contribution >= 0.6 is 0 Å². The standard InChI is InChI=1S/C16H21NO4/c1-17-9-8-13(11-17)21-14-6-4-12(10-15(14)19-2)5-7-16(18)20-3/h4-7,10,13H,8-9,11H2,1-3H3/b7-5+. The smallest absolute Gasteiger partial charge is 0.330 e. The number of methoxy groups -OCH3 is 2. The molecule has 0 saturated carbocycles. The number of hydrogen-bond acceptors (Lipinski definition) is 5. The van der Waals surface area contributed by atoms with Crippen LogP contribution in [0.25, 0.3) is 6.08 Å². The van der Waals surface area contributed by atoms with Gasteiger partial charge < -0.3 is 19.1 Å². The molecule has 0 amide bonds. The van der Waals surface area contributed by atoms with Gasteiger partial charge in [0.25, 0.3) is 0 Å². The van der Waals surface area contributed by atoms with Gasteiger partial charge in [0, 0.05) is 19.2 Å². The molecule has 5 nitrogen and oxygen atoms in total. The van der Waals surface area contributed by atoms with Gasteiger partial charge in [0.1, 0.15) is 6.10 Å². The Morgan fingerprint density at radius 1 is 1.33 bits per heavy atom. The summed E-state index contributed by atoms with van der Waals surface area (Å²) in [6.45, 7) is 1.97. The minimum absolute atomic E-state index is 0.195. The van der Waals surface area contributed by atoms with E-state index in [4.69, 9.17) is 9.47 Å². The van der Waals surface area contributed by atoms with E-state index in [0.29, 0.717) is 5.75 Å². The Labute approximate surface area is 125 Å². The highest BCUT2D eigenvalue weighted by molar-refractivity contribution is 5.87. The summed E-state index contributed by atoms with van der Waals surface area (Å²) in [5, 5.41) is 0. The van der Waals surface area contributed by atoms with Crippen molar-refractivity contribution in [2.75, 3.05) is 34.4 Å². The lowest BCUT2D eigenvalue weighted by molar-refractivity contribution is -0.134. The Bertz CT molecular complexity index is 527. The van der Waals surface area contributed by atoms with E-state index in [-0.39, 0.29) is 12.1 Å². The molecule has 1 aromatic rings. The van der Waals surface area contributed by atoms with Crippen LogP contribution in [0.2, 0.25) is 0 Å². The molecule has 0 spiro atoms. The lowest BCUT2D eigenvalue weighted by atomic mass is 10.2. The Kier molecular flexibility index (Phi) is 5.22. The van der Waals surface area contributed by atoms with Crippen LogP contribution in [0.4, 0.5) is 0 Å². The van der Waals surface area contributed by atoms with Crippen molar-refractivity contribution in [3.05, 3.63) is 29.8 Å². The predicted octanol–water partition coefficient (Wildman–Crippen LogP) is 1.96. The number of carbonyl (C=O) groups is 1. The molecule has 0 bridgehead atoms. The molecule has 1 saturated heterocycles. The minimum Gasteiger partial charge on any atom is -0.493 e. The number of nitrogens with zero attached hydrogens (tertiary/aromatic N) is 1. The van der Waals surface area contributed by atoms with Crippen molar-refractivity contribution >= 4 is 12.0 Å². The third kappa shape index (κ3) is 4.23. The monoisotopic (exact) mass is 291 g/mol. The van der Waals surface area contributed by atoms with Crippen molar-refractivity contribution in [1.29, 1.82) is 0 Å². The number of likely N-dealkylation sites (N-methyl/N-ethyl adjacent to an activating group) is 1. The molecule has 1 unspecified atom stereocenters. The minimum atomic E-state index is -0.386. The molecule has 1 aromatic carbocycles. The van der Waals surface area contributed by atoms with Crippen LogP contribution in [-0.4, -0.2) is 51.3 Å². The van der Waals surface area contributed by atoms with Gasteiger partial charge in [0.05, 0.1) is 14.2 Å². The van der Waals surface area contributed by atoms with Gasteiger partial charge >= 0.3 is 5.97 Å². The number of ether oxygens (including phenoxy) is 3. The molecule has 1 aliphatic rings. The van der Waals surface area contributed by atoms with E-state index in [9.17, 15) is 4.79 Å². The first-order chi connectivity index (χ1) is 10.1. The maximum atomic E-state index is 11.1. The normalized spacial score (nSPS) is 18.9. The topological polar surface area (TPSA) is 48.0 Å². The lowest BCUT2D eigenvalue weighted by Gasteiger charge is -2.16. The molecular formula is C16H21NO4. The fourth-order valence-electron chi connectivity index (χ4n) is 2.29. The zero-order valence-electron chi connectivity index (χ0n) is 12.7. The van der Waals surface area contributed by atoms with Gasteiger partial charge in [-0.25, -0.2) is 4.79 Å². The van der Waals surface area contributed by atoms with Crippen LogP contribution in [0.15, 0.2) is 24.3 Å². The third-order valence-corrected chi connectivity index (χ3v) is 3.44. The second kappa shape index (κ2) is 7.13. The zero-order valence-corrected chi connectivity index (χ0v) is 12.7. The van der Waals surface area contributed by atoms with Crippen molar-refractivity contribution in [2.24, 2.45) is 0 Å². The number of benzene rings is 1. The van der Waals surface area contributed by atoms with Crippen LogP contribution in [0.1, 0.15) is 12.0 Å². The molecule has 1 aliphatic heterocycles. The Morgan fingerprint density at radius 2 is 2.14 bits per heavy atom. The molecule has 2 rings (SSSR count). The molecule has 114 valence electrons. The van der Waals surface area contributed by atoms with Gasteiger partial charge in [-0.3, -0.25) is 0 Å². The largest absolute Gasteiger partial charge is 0.493 e. The SMILES string of the molecule is COC(=O)/C=C/c1ccc(OC2CCN(C)C2)c(OC)c1. The molecule has 1 atom stereocenters.